The Hall–Kier alpha value is -2.93. The van der Waals surface area contributed by atoms with Crippen LogP contribution >= 0.6 is 0 Å². The molecule has 0 saturated heterocycles. The van der Waals surface area contributed by atoms with Crippen molar-refractivity contribution in [2.24, 2.45) is 0 Å². The molecule has 0 bridgehead atoms. The fraction of sp³-hybridized carbons (Fsp3) is 0.167. The minimum atomic E-state index is 0.547. The molecular formula is C18H17NO3. The zero-order chi connectivity index (χ0) is 15.9. The predicted molar refractivity (Wildman–Crippen MR) is 86.0 cm³/mol. The normalized spacial score (nSPS) is 10.7. The van der Waals surface area contributed by atoms with Gasteiger partial charge in [-0.1, -0.05) is 18.2 Å². The SMILES string of the molecule is COc1cccc(/C(C#N)=C/c2ccc(OC)c(OC)c2)c1. The molecule has 0 aliphatic carbocycles. The number of methoxy groups -OCH3 is 3. The van der Waals surface area contributed by atoms with E-state index >= 15 is 0 Å². The summed E-state index contributed by atoms with van der Waals surface area (Å²) in [5.41, 5.74) is 2.21. The first-order valence-corrected chi connectivity index (χ1v) is 6.70. The number of nitrogens with zero attached hydrogens (tertiary/aromatic N) is 1. The van der Waals surface area contributed by atoms with Gasteiger partial charge in [-0.25, -0.2) is 0 Å². The van der Waals surface area contributed by atoms with Crippen LogP contribution in [0.2, 0.25) is 0 Å². The monoisotopic (exact) mass is 295 g/mol. The van der Waals surface area contributed by atoms with E-state index in [0.29, 0.717) is 22.8 Å². The van der Waals surface area contributed by atoms with Crippen molar-refractivity contribution in [3.63, 3.8) is 0 Å². The lowest BCUT2D eigenvalue weighted by Crippen LogP contribution is -1.91. The molecule has 0 atom stereocenters. The van der Waals surface area contributed by atoms with E-state index in [0.717, 1.165) is 11.1 Å². The number of hydrogen-bond donors (Lipinski definition) is 0. The third-order valence-electron chi connectivity index (χ3n) is 3.22. The van der Waals surface area contributed by atoms with Crippen molar-refractivity contribution in [1.82, 2.24) is 0 Å². The lowest BCUT2D eigenvalue weighted by molar-refractivity contribution is 0.355. The van der Waals surface area contributed by atoms with Gasteiger partial charge < -0.3 is 14.2 Å². The van der Waals surface area contributed by atoms with E-state index in [9.17, 15) is 5.26 Å². The molecule has 0 amide bonds. The summed E-state index contributed by atoms with van der Waals surface area (Å²) in [6.45, 7) is 0. The molecule has 0 saturated carbocycles. The van der Waals surface area contributed by atoms with Crippen LogP contribution in [0.1, 0.15) is 11.1 Å². The number of allylic oxidation sites excluding steroid dienone is 1. The van der Waals surface area contributed by atoms with Gasteiger partial charge in [-0.2, -0.15) is 5.26 Å². The summed E-state index contributed by atoms with van der Waals surface area (Å²) >= 11 is 0. The summed E-state index contributed by atoms with van der Waals surface area (Å²) in [4.78, 5) is 0. The van der Waals surface area contributed by atoms with Crippen molar-refractivity contribution in [3.05, 3.63) is 53.6 Å². The number of nitriles is 1. The van der Waals surface area contributed by atoms with Crippen LogP contribution in [-0.2, 0) is 0 Å². The maximum absolute atomic E-state index is 9.42. The Morgan fingerprint density at radius 3 is 2.36 bits per heavy atom. The van der Waals surface area contributed by atoms with Crippen molar-refractivity contribution >= 4 is 11.6 Å². The highest BCUT2D eigenvalue weighted by Crippen LogP contribution is 2.29. The smallest absolute Gasteiger partial charge is 0.161 e. The van der Waals surface area contributed by atoms with Crippen LogP contribution < -0.4 is 14.2 Å². The highest BCUT2D eigenvalue weighted by atomic mass is 16.5. The van der Waals surface area contributed by atoms with Crippen LogP contribution in [0.4, 0.5) is 0 Å². The maximum Gasteiger partial charge on any atom is 0.161 e. The number of ether oxygens (including phenoxy) is 3. The number of benzene rings is 2. The molecule has 0 aliphatic heterocycles. The average molecular weight is 295 g/mol. The minimum Gasteiger partial charge on any atom is -0.497 e. The van der Waals surface area contributed by atoms with Gasteiger partial charge in [0.25, 0.3) is 0 Å². The highest BCUT2D eigenvalue weighted by Gasteiger charge is 2.06. The van der Waals surface area contributed by atoms with Crippen LogP contribution in [0.15, 0.2) is 42.5 Å². The first-order valence-electron chi connectivity index (χ1n) is 6.70. The van der Waals surface area contributed by atoms with Crippen molar-refractivity contribution in [1.29, 1.82) is 5.26 Å². The summed E-state index contributed by atoms with van der Waals surface area (Å²) in [6, 6.07) is 15.1. The van der Waals surface area contributed by atoms with E-state index in [1.54, 1.807) is 27.4 Å². The van der Waals surface area contributed by atoms with Crippen LogP contribution in [0, 0.1) is 11.3 Å². The van der Waals surface area contributed by atoms with Gasteiger partial charge in [0, 0.05) is 0 Å². The minimum absolute atomic E-state index is 0.547. The first-order chi connectivity index (χ1) is 10.7. The van der Waals surface area contributed by atoms with Crippen molar-refractivity contribution in [2.75, 3.05) is 21.3 Å². The number of rotatable bonds is 5. The first kappa shape index (κ1) is 15.5. The zero-order valence-corrected chi connectivity index (χ0v) is 12.8. The summed E-state index contributed by atoms with van der Waals surface area (Å²) in [5.74, 6) is 1.99. The van der Waals surface area contributed by atoms with E-state index < -0.39 is 0 Å². The fourth-order valence-electron chi connectivity index (χ4n) is 2.08. The Morgan fingerprint density at radius 2 is 1.73 bits per heavy atom. The van der Waals surface area contributed by atoms with Crippen LogP contribution in [-0.4, -0.2) is 21.3 Å². The zero-order valence-electron chi connectivity index (χ0n) is 12.8. The third-order valence-corrected chi connectivity index (χ3v) is 3.22. The Bertz CT molecular complexity index is 729. The fourth-order valence-corrected chi connectivity index (χ4v) is 2.08. The molecular weight excluding hydrogens is 278 g/mol. The van der Waals surface area contributed by atoms with Gasteiger partial charge in [-0.3, -0.25) is 0 Å². The van der Waals surface area contributed by atoms with Crippen LogP contribution in [0.5, 0.6) is 17.2 Å². The van der Waals surface area contributed by atoms with Crippen molar-refractivity contribution in [2.45, 2.75) is 0 Å². The molecule has 2 aromatic rings. The van der Waals surface area contributed by atoms with Gasteiger partial charge in [-0.15, -0.1) is 0 Å². The lowest BCUT2D eigenvalue weighted by Gasteiger charge is -2.08. The largest absolute Gasteiger partial charge is 0.497 e. The Balaban J connectivity index is 2.42. The molecule has 4 heteroatoms. The van der Waals surface area contributed by atoms with E-state index in [1.165, 1.54) is 0 Å². The molecule has 22 heavy (non-hydrogen) atoms. The Morgan fingerprint density at radius 1 is 0.955 bits per heavy atom. The Labute approximate surface area is 130 Å². The highest BCUT2D eigenvalue weighted by molar-refractivity contribution is 5.90. The predicted octanol–water partition coefficient (Wildman–Crippen LogP) is 3.78. The molecule has 0 spiro atoms. The summed E-state index contributed by atoms with van der Waals surface area (Å²) in [7, 11) is 4.77. The lowest BCUT2D eigenvalue weighted by atomic mass is 10.0. The second-order valence-corrected chi connectivity index (χ2v) is 4.52. The van der Waals surface area contributed by atoms with Gasteiger partial charge >= 0.3 is 0 Å². The topological polar surface area (TPSA) is 51.5 Å². The van der Waals surface area contributed by atoms with Crippen molar-refractivity contribution < 1.29 is 14.2 Å². The molecule has 0 fully saturated rings. The van der Waals surface area contributed by atoms with E-state index in [1.807, 2.05) is 42.5 Å². The summed E-state index contributed by atoms with van der Waals surface area (Å²) in [5, 5.41) is 9.42. The molecule has 0 aromatic heterocycles. The van der Waals surface area contributed by atoms with Gasteiger partial charge in [0.05, 0.1) is 33.0 Å². The van der Waals surface area contributed by atoms with E-state index in [4.69, 9.17) is 14.2 Å². The summed E-state index contributed by atoms with van der Waals surface area (Å²) in [6.07, 6.45) is 1.80. The van der Waals surface area contributed by atoms with Crippen LogP contribution in [0.25, 0.3) is 11.6 Å². The van der Waals surface area contributed by atoms with Gasteiger partial charge in [0.2, 0.25) is 0 Å². The van der Waals surface area contributed by atoms with Gasteiger partial charge in [0.1, 0.15) is 5.75 Å². The average Bonchev–Trinajstić information content (AvgIpc) is 2.59. The van der Waals surface area contributed by atoms with E-state index in [-0.39, 0.29) is 0 Å². The molecule has 0 aliphatic rings. The number of hydrogen-bond acceptors (Lipinski definition) is 4. The molecule has 0 heterocycles. The molecule has 112 valence electrons. The molecule has 2 rings (SSSR count). The Kier molecular flexibility index (Phi) is 5.05. The van der Waals surface area contributed by atoms with Crippen molar-refractivity contribution in [3.8, 4) is 23.3 Å². The molecule has 0 N–H and O–H groups in total. The third kappa shape index (κ3) is 3.39. The quantitative estimate of drug-likeness (QED) is 0.622. The summed E-state index contributed by atoms with van der Waals surface area (Å²) < 4.78 is 15.7. The molecule has 2 aromatic carbocycles. The van der Waals surface area contributed by atoms with Crippen LogP contribution in [0.3, 0.4) is 0 Å². The molecule has 0 unspecified atom stereocenters. The second-order valence-electron chi connectivity index (χ2n) is 4.52. The molecule has 4 nitrogen and oxygen atoms in total. The molecule has 0 radical (unpaired) electrons. The van der Waals surface area contributed by atoms with Gasteiger partial charge in [0.15, 0.2) is 11.5 Å². The standard InChI is InChI=1S/C18H17NO3/c1-20-16-6-4-5-14(11-16)15(12-19)9-13-7-8-17(21-2)18(10-13)22-3/h4-11H,1-3H3/b15-9+. The maximum atomic E-state index is 9.42. The van der Waals surface area contributed by atoms with Gasteiger partial charge in [-0.05, 0) is 41.5 Å². The van der Waals surface area contributed by atoms with E-state index in [2.05, 4.69) is 6.07 Å². The second kappa shape index (κ2) is 7.19.